The van der Waals surface area contributed by atoms with Crippen molar-refractivity contribution in [2.24, 2.45) is 0 Å². The zero-order chi connectivity index (χ0) is 18.4. The van der Waals surface area contributed by atoms with Crippen LogP contribution in [0.15, 0.2) is 47.4 Å². The monoisotopic (exact) mass is 372 g/mol. The Labute approximate surface area is 155 Å². The Morgan fingerprint density at radius 2 is 1.92 bits per heavy atom. The van der Waals surface area contributed by atoms with Gasteiger partial charge in [0.2, 0.25) is 5.88 Å². The van der Waals surface area contributed by atoms with E-state index < -0.39 is 0 Å². The van der Waals surface area contributed by atoms with E-state index >= 15 is 0 Å². The number of methoxy groups -OCH3 is 1. The quantitative estimate of drug-likeness (QED) is 0.635. The average Bonchev–Trinajstić information content (AvgIpc) is 2.95. The minimum absolute atomic E-state index is 0.0515. The molecule has 0 aliphatic rings. The van der Waals surface area contributed by atoms with Crippen LogP contribution in [0.2, 0.25) is 0 Å². The lowest BCUT2D eigenvalue weighted by atomic mass is 10.1. The lowest BCUT2D eigenvalue weighted by Crippen LogP contribution is -2.03. The van der Waals surface area contributed by atoms with Crippen LogP contribution in [-0.2, 0) is 24.2 Å². The number of rotatable bonds is 8. The van der Waals surface area contributed by atoms with Crippen molar-refractivity contribution < 1.29 is 14.6 Å². The summed E-state index contributed by atoms with van der Waals surface area (Å²) in [5.74, 6) is 0.723. The van der Waals surface area contributed by atoms with Gasteiger partial charge in [-0.15, -0.1) is 0 Å². The van der Waals surface area contributed by atoms with Gasteiger partial charge < -0.3 is 14.6 Å². The molecular weight excluding hydrogens is 352 g/mol. The topological polar surface area (TPSA) is 84.4 Å². The molecule has 0 aliphatic carbocycles. The predicted octanol–water partition coefficient (Wildman–Crippen LogP) is 2.90. The Morgan fingerprint density at radius 1 is 1.15 bits per heavy atom. The third-order valence-corrected chi connectivity index (χ3v) is 4.68. The van der Waals surface area contributed by atoms with Crippen molar-refractivity contribution in [3.05, 3.63) is 74.0 Å². The molecule has 3 aromatic rings. The van der Waals surface area contributed by atoms with E-state index in [1.807, 2.05) is 42.6 Å². The third-order valence-electron chi connectivity index (χ3n) is 3.81. The summed E-state index contributed by atoms with van der Waals surface area (Å²) in [5.41, 5.74) is 3.02. The highest BCUT2D eigenvalue weighted by Gasteiger charge is 2.07. The molecule has 0 fully saturated rings. The second kappa shape index (κ2) is 8.64. The zero-order valence-corrected chi connectivity index (χ0v) is 15.2. The molecule has 0 radical (unpaired) electrons. The van der Waals surface area contributed by atoms with Crippen LogP contribution in [0.5, 0.6) is 11.6 Å². The lowest BCUT2D eigenvalue weighted by molar-refractivity contribution is 0.184. The smallest absolute Gasteiger partial charge is 0.307 e. The Kier molecular flexibility index (Phi) is 6.04. The number of ether oxygens (including phenoxy) is 2. The van der Waals surface area contributed by atoms with Crippen molar-refractivity contribution in [1.29, 1.82) is 0 Å². The molecule has 1 aromatic carbocycles. The van der Waals surface area contributed by atoms with E-state index in [0.717, 1.165) is 40.3 Å². The van der Waals surface area contributed by atoms with Crippen LogP contribution < -0.4 is 9.61 Å². The van der Waals surface area contributed by atoms with Gasteiger partial charge in [0.05, 0.1) is 18.1 Å². The normalized spacial score (nSPS) is 10.8. The van der Waals surface area contributed by atoms with E-state index in [2.05, 4.69) is 9.97 Å². The van der Waals surface area contributed by atoms with Gasteiger partial charge in [-0.25, -0.2) is 0 Å². The standard InChI is InChI=1S/C19H20N2O4S/c1-24-12-14-2-5-15(20-11-14)8-9-25-16-6-3-13(4-7-16)10-17-18(22)21-19(23)26-17/h2-7,11,22H,8-10,12H2,1H3,(H,21,23). The largest absolute Gasteiger partial charge is 0.494 e. The van der Waals surface area contributed by atoms with E-state index in [1.54, 1.807) is 7.11 Å². The first-order chi connectivity index (χ1) is 12.6. The molecule has 0 saturated heterocycles. The molecule has 0 bridgehead atoms. The van der Waals surface area contributed by atoms with Gasteiger partial charge in [0, 0.05) is 31.8 Å². The van der Waals surface area contributed by atoms with Crippen LogP contribution in [0.1, 0.15) is 21.7 Å². The fourth-order valence-electron chi connectivity index (χ4n) is 2.49. The van der Waals surface area contributed by atoms with Crippen LogP contribution in [0.4, 0.5) is 0 Å². The first-order valence-electron chi connectivity index (χ1n) is 8.19. The maximum absolute atomic E-state index is 11.2. The molecule has 2 aromatic heterocycles. The number of thiazole rings is 1. The Morgan fingerprint density at radius 3 is 2.54 bits per heavy atom. The molecule has 0 spiro atoms. The maximum atomic E-state index is 11.2. The summed E-state index contributed by atoms with van der Waals surface area (Å²) >= 11 is 1.02. The Hall–Kier alpha value is -2.64. The molecule has 26 heavy (non-hydrogen) atoms. The minimum atomic E-state index is -0.249. The summed E-state index contributed by atoms with van der Waals surface area (Å²) in [7, 11) is 1.66. The molecule has 0 saturated carbocycles. The molecular formula is C19H20N2O4S. The fourth-order valence-corrected chi connectivity index (χ4v) is 3.25. The van der Waals surface area contributed by atoms with Crippen molar-refractivity contribution in [2.45, 2.75) is 19.4 Å². The van der Waals surface area contributed by atoms with Gasteiger partial charge in [0.15, 0.2) is 0 Å². The van der Waals surface area contributed by atoms with E-state index in [1.165, 1.54) is 0 Å². The van der Waals surface area contributed by atoms with Gasteiger partial charge in [-0.3, -0.25) is 14.8 Å². The summed E-state index contributed by atoms with van der Waals surface area (Å²) < 4.78 is 10.8. The first kappa shape index (κ1) is 18.2. The average molecular weight is 372 g/mol. The van der Waals surface area contributed by atoms with Crippen LogP contribution in [0, 0.1) is 0 Å². The van der Waals surface area contributed by atoms with Crippen molar-refractivity contribution in [3.63, 3.8) is 0 Å². The van der Waals surface area contributed by atoms with E-state index in [-0.39, 0.29) is 10.8 Å². The molecule has 3 rings (SSSR count). The van der Waals surface area contributed by atoms with Gasteiger partial charge in [-0.05, 0) is 29.3 Å². The number of H-pyrrole nitrogens is 1. The van der Waals surface area contributed by atoms with Crippen LogP contribution >= 0.6 is 11.3 Å². The number of pyridine rings is 1. The lowest BCUT2D eigenvalue weighted by Gasteiger charge is -2.07. The van der Waals surface area contributed by atoms with E-state index in [4.69, 9.17) is 9.47 Å². The summed E-state index contributed by atoms with van der Waals surface area (Å²) in [6.07, 6.45) is 3.05. The first-order valence-corrected chi connectivity index (χ1v) is 9.01. The molecule has 7 heteroatoms. The summed E-state index contributed by atoms with van der Waals surface area (Å²) in [4.78, 5) is 18.4. The maximum Gasteiger partial charge on any atom is 0.307 e. The molecule has 136 valence electrons. The number of hydrogen-bond donors (Lipinski definition) is 2. The predicted molar refractivity (Wildman–Crippen MR) is 100 cm³/mol. The van der Waals surface area contributed by atoms with Gasteiger partial charge in [0.1, 0.15) is 5.75 Å². The number of benzene rings is 1. The molecule has 0 unspecified atom stereocenters. The van der Waals surface area contributed by atoms with Gasteiger partial charge in [0.25, 0.3) is 0 Å². The number of aromatic nitrogens is 2. The Balaban J connectivity index is 1.49. The molecule has 0 aliphatic heterocycles. The van der Waals surface area contributed by atoms with Crippen molar-refractivity contribution in [1.82, 2.24) is 9.97 Å². The summed E-state index contributed by atoms with van der Waals surface area (Å²) in [6, 6.07) is 11.6. The molecule has 0 atom stereocenters. The van der Waals surface area contributed by atoms with Crippen molar-refractivity contribution in [3.8, 4) is 11.6 Å². The van der Waals surface area contributed by atoms with E-state index in [9.17, 15) is 9.90 Å². The minimum Gasteiger partial charge on any atom is -0.494 e. The molecule has 6 nitrogen and oxygen atoms in total. The van der Waals surface area contributed by atoms with Crippen LogP contribution in [0.25, 0.3) is 0 Å². The second-order valence-electron chi connectivity index (χ2n) is 5.80. The van der Waals surface area contributed by atoms with Crippen molar-refractivity contribution in [2.75, 3.05) is 13.7 Å². The Bertz CT molecular complexity index is 885. The molecule has 2 heterocycles. The SMILES string of the molecule is COCc1ccc(CCOc2ccc(Cc3sc(=O)[nH]c3O)cc2)nc1. The number of hydrogen-bond acceptors (Lipinski definition) is 6. The van der Waals surface area contributed by atoms with E-state index in [0.29, 0.717) is 24.5 Å². The highest BCUT2D eigenvalue weighted by molar-refractivity contribution is 7.09. The van der Waals surface area contributed by atoms with Crippen molar-refractivity contribution >= 4 is 11.3 Å². The highest BCUT2D eigenvalue weighted by Crippen LogP contribution is 2.21. The summed E-state index contributed by atoms with van der Waals surface area (Å²) in [6.45, 7) is 1.10. The van der Waals surface area contributed by atoms with Gasteiger partial charge in [-0.2, -0.15) is 0 Å². The number of aromatic hydroxyl groups is 1. The molecule has 2 N–H and O–H groups in total. The number of nitrogens with zero attached hydrogens (tertiary/aromatic N) is 1. The number of nitrogens with one attached hydrogen (secondary N) is 1. The van der Waals surface area contributed by atoms with Gasteiger partial charge in [-0.1, -0.05) is 29.5 Å². The fraction of sp³-hybridized carbons (Fsp3) is 0.263. The second-order valence-corrected chi connectivity index (χ2v) is 6.86. The highest BCUT2D eigenvalue weighted by atomic mass is 32.1. The van der Waals surface area contributed by atoms with Crippen LogP contribution in [0.3, 0.4) is 0 Å². The summed E-state index contributed by atoms with van der Waals surface area (Å²) in [5, 5.41) is 9.64. The molecule has 0 amide bonds. The third kappa shape index (κ3) is 4.93. The van der Waals surface area contributed by atoms with Gasteiger partial charge >= 0.3 is 4.87 Å². The van der Waals surface area contributed by atoms with Crippen LogP contribution in [-0.4, -0.2) is 28.8 Å². The zero-order valence-electron chi connectivity index (χ0n) is 14.4. The number of aromatic amines is 1.